The van der Waals surface area contributed by atoms with Crippen LogP contribution in [0.1, 0.15) is 33.3 Å². The van der Waals surface area contributed by atoms with Crippen LogP contribution in [0.4, 0.5) is 30.7 Å². The molecule has 0 aliphatic carbocycles. The van der Waals surface area contributed by atoms with Gasteiger partial charge >= 0.3 is 12.4 Å². The Hall–Kier alpha value is -1.24. The summed E-state index contributed by atoms with van der Waals surface area (Å²) in [7, 11) is -2.16. The van der Waals surface area contributed by atoms with E-state index in [4.69, 9.17) is 0 Å². The van der Waals surface area contributed by atoms with Crippen LogP contribution >= 0.6 is 0 Å². The Morgan fingerprint density at radius 2 is 1.59 bits per heavy atom. The molecule has 0 aliphatic rings. The Bertz CT molecular complexity index is 718. The molecule has 1 aromatic rings. The van der Waals surface area contributed by atoms with Crippen LogP contribution in [0.5, 0.6) is 0 Å². The zero-order valence-electron chi connectivity index (χ0n) is 16.0. The van der Waals surface area contributed by atoms with E-state index in [1.54, 1.807) is 0 Å². The molecule has 4 atom stereocenters. The van der Waals surface area contributed by atoms with Gasteiger partial charge in [0.25, 0.3) is 0 Å². The van der Waals surface area contributed by atoms with Crippen LogP contribution in [-0.4, -0.2) is 45.2 Å². The summed E-state index contributed by atoms with van der Waals surface area (Å²) in [6.45, 7) is 3.10. The minimum Gasteiger partial charge on any atom is -0.381 e. The topological polar surface area (TPSA) is 58.6 Å². The molecular weight excluding hydrogens is 431 g/mol. The van der Waals surface area contributed by atoms with Crippen LogP contribution in [0.2, 0.25) is 0 Å². The largest absolute Gasteiger partial charge is 0.417 e. The Kier molecular flexibility index (Phi) is 7.88. The number of nitrogens with one attached hydrogen (secondary N) is 1. The van der Waals surface area contributed by atoms with E-state index < -0.39 is 63.8 Å². The SMILES string of the molecule is CC(C)(C)S(=O)N[C@](C)(c1ccccc1F)[C@@H](OCC(F)(F)F)[C@@H](O)C(F)(F)F. The molecule has 4 nitrogen and oxygen atoms in total. The number of aliphatic hydroxyl groups is 1. The number of benzene rings is 1. The van der Waals surface area contributed by atoms with Gasteiger partial charge in [-0.1, -0.05) is 18.2 Å². The molecule has 1 unspecified atom stereocenters. The van der Waals surface area contributed by atoms with E-state index in [-0.39, 0.29) is 0 Å². The summed E-state index contributed by atoms with van der Waals surface area (Å²) in [6.07, 6.45) is -16.5. The van der Waals surface area contributed by atoms with Gasteiger partial charge in [-0.2, -0.15) is 26.3 Å². The fourth-order valence-electron chi connectivity index (χ4n) is 2.42. The van der Waals surface area contributed by atoms with E-state index in [0.29, 0.717) is 0 Å². The van der Waals surface area contributed by atoms with Crippen molar-refractivity contribution in [1.29, 1.82) is 0 Å². The zero-order chi connectivity index (χ0) is 22.8. The lowest BCUT2D eigenvalue weighted by Crippen LogP contribution is -2.61. The number of ether oxygens (including phenoxy) is 1. The van der Waals surface area contributed by atoms with Gasteiger partial charge in [0.2, 0.25) is 0 Å². The molecule has 0 radical (unpaired) electrons. The molecule has 2 N–H and O–H groups in total. The van der Waals surface area contributed by atoms with Gasteiger partial charge in [-0.15, -0.1) is 0 Å². The van der Waals surface area contributed by atoms with Crippen molar-refractivity contribution in [2.75, 3.05) is 6.61 Å². The van der Waals surface area contributed by atoms with Crippen LogP contribution in [-0.2, 0) is 21.3 Å². The summed E-state index contributed by atoms with van der Waals surface area (Å²) in [5.41, 5.74) is -2.99. The summed E-state index contributed by atoms with van der Waals surface area (Å²) in [5.74, 6) is -1.08. The maximum Gasteiger partial charge on any atom is 0.417 e. The fourth-order valence-corrected chi connectivity index (χ4v) is 3.34. The lowest BCUT2D eigenvalue weighted by Gasteiger charge is -2.42. The Balaban J connectivity index is 3.61. The average molecular weight is 453 g/mol. The third-order valence-corrected chi connectivity index (χ3v) is 5.63. The molecular formula is C17H22F7NO3S. The summed E-state index contributed by atoms with van der Waals surface area (Å²) in [4.78, 5) is 0. The highest BCUT2D eigenvalue weighted by atomic mass is 32.2. The van der Waals surface area contributed by atoms with Crippen molar-refractivity contribution in [3.8, 4) is 0 Å². The van der Waals surface area contributed by atoms with Gasteiger partial charge < -0.3 is 9.84 Å². The van der Waals surface area contributed by atoms with E-state index in [0.717, 1.165) is 19.1 Å². The Morgan fingerprint density at radius 3 is 2.00 bits per heavy atom. The molecule has 0 fully saturated rings. The second-order valence-electron chi connectivity index (χ2n) is 7.50. The first kappa shape index (κ1) is 25.8. The molecule has 0 heterocycles. The predicted molar refractivity (Wildman–Crippen MR) is 92.6 cm³/mol. The standard InChI is InChI=1S/C17H22F7NO3S/c1-14(2,3)29(27)25-15(4,10-7-5-6-8-11(10)18)13(12(26)17(22,23)24)28-9-16(19,20)21/h5-8,12-13,25-26H,9H2,1-4H3/t12-,13+,15-,29?/m1/s1. The smallest absolute Gasteiger partial charge is 0.381 e. The van der Waals surface area contributed by atoms with Crippen molar-refractivity contribution in [1.82, 2.24) is 4.72 Å². The normalized spacial score (nSPS) is 18.8. The number of aliphatic hydroxyl groups excluding tert-OH is 1. The van der Waals surface area contributed by atoms with Crippen LogP contribution in [0, 0.1) is 5.82 Å². The molecule has 0 saturated carbocycles. The number of hydrogen-bond donors (Lipinski definition) is 2. The molecule has 1 rings (SSSR count). The van der Waals surface area contributed by atoms with Crippen LogP contribution in [0.15, 0.2) is 24.3 Å². The van der Waals surface area contributed by atoms with Crippen molar-refractivity contribution < 1.29 is 44.8 Å². The number of rotatable bonds is 7. The molecule has 12 heteroatoms. The number of halogens is 7. The first-order chi connectivity index (χ1) is 12.9. The lowest BCUT2D eigenvalue weighted by molar-refractivity contribution is -0.266. The third kappa shape index (κ3) is 6.90. The maximum atomic E-state index is 14.4. The van der Waals surface area contributed by atoms with Gasteiger partial charge in [0, 0.05) is 5.56 Å². The first-order valence-corrected chi connectivity index (χ1v) is 9.42. The predicted octanol–water partition coefficient (Wildman–Crippen LogP) is 3.96. The fraction of sp³-hybridized carbons (Fsp3) is 0.647. The van der Waals surface area contributed by atoms with E-state index >= 15 is 0 Å². The van der Waals surface area contributed by atoms with E-state index in [2.05, 4.69) is 9.46 Å². The highest BCUT2D eigenvalue weighted by molar-refractivity contribution is 7.84. The summed E-state index contributed by atoms with van der Waals surface area (Å²) in [6, 6.07) is 4.33. The molecule has 0 saturated heterocycles. The minimum absolute atomic E-state index is 0.548. The molecule has 168 valence electrons. The highest BCUT2D eigenvalue weighted by Crippen LogP contribution is 2.38. The monoisotopic (exact) mass is 453 g/mol. The van der Waals surface area contributed by atoms with E-state index in [1.165, 1.54) is 32.9 Å². The highest BCUT2D eigenvalue weighted by Gasteiger charge is 2.54. The molecule has 29 heavy (non-hydrogen) atoms. The second-order valence-corrected chi connectivity index (χ2v) is 9.46. The zero-order valence-corrected chi connectivity index (χ0v) is 16.8. The molecule has 0 amide bonds. The average Bonchev–Trinajstić information content (AvgIpc) is 2.52. The Morgan fingerprint density at radius 1 is 1.07 bits per heavy atom. The molecule has 0 aliphatic heterocycles. The summed E-state index contributed by atoms with van der Waals surface area (Å²) >= 11 is 0. The molecule has 1 aromatic carbocycles. The lowest BCUT2D eigenvalue weighted by atomic mass is 9.83. The van der Waals surface area contributed by atoms with Gasteiger partial charge in [-0.3, -0.25) is 0 Å². The van der Waals surface area contributed by atoms with Gasteiger partial charge in [-0.25, -0.2) is 13.3 Å². The van der Waals surface area contributed by atoms with Gasteiger partial charge in [-0.05, 0) is 33.8 Å². The van der Waals surface area contributed by atoms with E-state index in [9.17, 15) is 40.0 Å². The Labute approximate surface area is 166 Å². The van der Waals surface area contributed by atoms with Gasteiger partial charge in [0.1, 0.15) is 18.5 Å². The molecule has 0 bridgehead atoms. The van der Waals surface area contributed by atoms with Crippen molar-refractivity contribution in [3.63, 3.8) is 0 Å². The van der Waals surface area contributed by atoms with Crippen molar-refractivity contribution in [2.24, 2.45) is 0 Å². The molecule has 0 aromatic heterocycles. The summed E-state index contributed by atoms with van der Waals surface area (Å²) in [5, 5.41) is 9.77. The van der Waals surface area contributed by atoms with Crippen LogP contribution < -0.4 is 4.72 Å². The minimum atomic E-state index is -5.40. The maximum absolute atomic E-state index is 14.4. The van der Waals surface area contributed by atoms with Crippen molar-refractivity contribution in [2.45, 2.75) is 62.5 Å². The quantitative estimate of drug-likeness (QED) is 0.615. The third-order valence-electron chi connectivity index (χ3n) is 3.91. The number of hydrogen-bond acceptors (Lipinski definition) is 3. The first-order valence-electron chi connectivity index (χ1n) is 8.27. The molecule has 0 spiro atoms. The van der Waals surface area contributed by atoms with Crippen molar-refractivity contribution >= 4 is 11.0 Å². The van der Waals surface area contributed by atoms with Gasteiger partial charge in [0.05, 0.1) is 21.3 Å². The van der Waals surface area contributed by atoms with Gasteiger partial charge in [0.15, 0.2) is 6.10 Å². The van der Waals surface area contributed by atoms with Crippen LogP contribution in [0.25, 0.3) is 0 Å². The summed E-state index contributed by atoms with van der Waals surface area (Å²) < 4.78 is 110. The van der Waals surface area contributed by atoms with Crippen molar-refractivity contribution in [3.05, 3.63) is 35.6 Å². The second kappa shape index (κ2) is 8.86. The number of alkyl halides is 6. The van der Waals surface area contributed by atoms with E-state index in [1.807, 2.05) is 0 Å². The van der Waals surface area contributed by atoms with Crippen LogP contribution in [0.3, 0.4) is 0 Å².